The van der Waals surface area contributed by atoms with E-state index in [4.69, 9.17) is 4.42 Å². The van der Waals surface area contributed by atoms with Gasteiger partial charge in [-0.2, -0.15) is 0 Å². The fraction of sp³-hybridized carbons (Fsp3) is 0.250. The Morgan fingerprint density at radius 2 is 2.33 bits per heavy atom. The molecule has 0 saturated heterocycles. The normalized spacial score (nSPS) is 12.7. The zero-order chi connectivity index (χ0) is 12.4. The lowest BCUT2D eigenvalue weighted by molar-refractivity contribution is 0.497. The van der Waals surface area contributed by atoms with E-state index < -0.39 is 0 Å². The van der Waals surface area contributed by atoms with Crippen LogP contribution in [-0.4, -0.2) is 26.0 Å². The van der Waals surface area contributed by atoms with Crippen LogP contribution in [0.25, 0.3) is 11.2 Å². The van der Waals surface area contributed by atoms with Crippen molar-refractivity contribution in [3.8, 4) is 0 Å². The van der Waals surface area contributed by atoms with Crippen molar-refractivity contribution in [2.24, 2.45) is 0 Å². The molecule has 0 aliphatic heterocycles. The molecule has 6 nitrogen and oxygen atoms in total. The number of fused-ring (bicyclic) bond motifs is 1. The third-order valence-corrected chi connectivity index (χ3v) is 2.69. The standard InChI is InChI=1S/C12H13N5O/c1-8(5-9-3-2-4-18-9)17-12-10-11(14-6-13-10)15-7-16-12/h2-4,6-8H,5H2,1H3,(H2,13,14,15,16,17). The van der Waals surface area contributed by atoms with E-state index in [2.05, 4.69) is 32.2 Å². The number of rotatable bonds is 4. The highest BCUT2D eigenvalue weighted by Crippen LogP contribution is 2.16. The molecule has 3 rings (SSSR count). The molecule has 0 aromatic carbocycles. The number of aromatic nitrogens is 4. The molecule has 2 N–H and O–H groups in total. The van der Waals surface area contributed by atoms with Crippen LogP contribution in [0.2, 0.25) is 0 Å². The maximum Gasteiger partial charge on any atom is 0.182 e. The van der Waals surface area contributed by atoms with Gasteiger partial charge in [0.1, 0.15) is 17.6 Å². The van der Waals surface area contributed by atoms with Gasteiger partial charge in [0.25, 0.3) is 0 Å². The number of H-pyrrole nitrogens is 1. The Labute approximate surface area is 103 Å². The smallest absolute Gasteiger partial charge is 0.182 e. The van der Waals surface area contributed by atoms with E-state index in [1.165, 1.54) is 6.33 Å². The van der Waals surface area contributed by atoms with Gasteiger partial charge in [0.05, 0.1) is 12.6 Å². The first kappa shape index (κ1) is 10.8. The number of furan rings is 1. The Bertz CT molecular complexity index is 631. The quantitative estimate of drug-likeness (QED) is 0.732. The van der Waals surface area contributed by atoms with E-state index in [0.717, 1.165) is 23.5 Å². The molecule has 0 fully saturated rings. The summed E-state index contributed by atoms with van der Waals surface area (Å²) < 4.78 is 5.32. The average molecular weight is 243 g/mol. The monoisotopic (exact) mass is 243 g/mol. The number of nitrogens with zero attached hydrogens (tertiary/aromatic N) is 3. The average Bonchev–Trinajstić information content (AvgIpc) is 2.99. The van der Waals surface area contributed by atoms with Crippen molar-refractivity contribution in [1.82, 2.24) is 19.9 Å². The van der Waals surface area contributed by atoms with Gasteiger partial charge in [-0.1, -0.05) is 0 Å². The number of nitrogens with one attached hydrogen (secondary N) is 2. The predicted octanol–water partition coefficient (Wildman–Crippen LogP) is 1.99. The van der Waals surface area contributed by atoms with Crippen LogP contribution < -0.4 is 5.32 Å². The minimum absolute atomic E-state index is 0.206. The van der Waals surface area contributed by atoms with Crippen molar-refractivity contribution in [3.05, 3.63) is 36.8 Å². The summed E-state index contributed by atoms with van der Waals surface area (Å²) in [5, 5.41) is 3.33. The SMILES string of the molecule is CC(Cc1ccco1)Nc1ncnc2nc[nH]c12. The molecule has 3 heterocycles. The Balaban J connectivity index is 1.77. The van der Waals surface area contributed by atoms with Crippen LogP contribution in [0.4, 0.5) is 5.82 Å². The summed E-state index contributed by atoms with van der Waals surface area (Å²) in [5.74, 6) is 1.71. The van der Waals surface area contributed by atoms with Gasteiger partial charge in [0.15, 0.2) is 11.5 Å². The molecule has 92 valence electrons. The fourth-order valence-electron chi connectivity index (χ4n) is 1.89. The minimum atomic E-state index is 0.206. The molecule has 1 atom stereocenters. The van der Waals surface area contributed by atoms with Crippen molar-refractivity contribution < 1.29 is 4.42 Å². The van der Waals surface area contributed by atoms with Gasteiger partial charge in [-0.25, -0.2) is 15.0 Å². The summed E-state index contributed by atoms with van der Waals surface area (Å²) in [4.78, 5) is 15.4. The lowest BCUT2D eigenvalue weighted by atomic mass is 10.2. The van der Waals surface area contributed by atoms with Crippen LogP contribution in [-0.2, 0) is 6.42 Å². The lowest BCUT2D eigenvalue weighted by Crippen LogP contribution is -2.18. The van der Waals surface area contributed by atoms with Crippen LogP contribution >= 0.6 is 0 Å². The van der Waals surface area contributed by atoms with Crippen molar-refractivity contribution in [3.63, 3.8) is 0 Å². The molecular formula is C12H13N5O. The molecule has 6 heteroatoms. The summed E-state index contributed by atoms with van der Waals surface area (Å²) in [5.41, 5.74) is 1.49. The molecule has 0 bridgehead atoms. The van der Waals surface area contributed by atoms with Crippen molar-refractivity contribution in [2.75, 3.05) is 5.32 Å². The van der Waals surface area contributed by atoms with Crippen LogP contribution in [0.1, 0.15) is 12.7 Å². The molecule has 1 unspecified atom stereocenters. The Morgan fingerprint density at radius 3 is 3.17 bits per heavy atom. The number of aromatic amines is 1. The molecule has 3 aromatic rings. The summed E-state index contributed by atoms with van der Waals surface area (Å²) in [6.07, 6.45) is 5.60. The predicted molar refractivity (Wildman–Crippen MR) is 67.2 cm³/mol. The Morgan fingerprint density at radius 1 is 1.39 bits per heavy atom. The fourth-order valence-corrected chi connectivity index (χ4v) is 1.89. The third kappa shape index (κ3) is 2.04. The Hall–Kier alpha value is -2.37. The van der Waals surface area contributed by atoms with E-state index in [1.807, 2.05) is 12.1 Å². The van der Waals surface area contributed by atoms with Gasteiger partial charge in [0, 0.05) is 12.5 Å². The molecule has 0 aliphatic carbocycles. The molecule has 0 amide bonds. The van der Waals surface area contributed by atoms with Gasteiger partial charge < -0.3 is 14.7 Å². The highest BCUT2D eigenvalue weighted by molar-refractivity contribution is 5.81. The highest BCUT2D eigenvalue weighted by atomic mass is 16.3. The second kappa shape index (κ2) is 4.48. The molecule has 0 spiro atoms. The second-order valence-electron chi connectivity index (χ2n) is 4.15. The van der Waals surface area contributed by atoms with Crippen LogP contribution in [0.5, 0.6) is 0 Å². The van der Waals surface area contributed by atoms with Gasteiger partial charge in [-0.15, -0.1) is 0 Å². The van der Waals surface area contributed by atoms with Gasteiger partial charge >= 0.3 is 0 Å². The number of imidazole rings is 1. The summed E-state index contributed by atoms with van der Waals surface area (Å²) >= 11 is 0. The largest absolute Gasteiger partial charge is 0.469 e. The molecule has 0 saturated carbocycles. The maximum atomic E-state index is 5.32. The highest BCUT2D eigenvalue weighted by Gasteiger charge is 2.10. The Kier molecular flexibility index (Phi) is 2.68. The van der Waals surface area contributed by atoms with Crippen molar-refractivity contribution in [1.29, 1.82) is 0 Å². The van der Waals surface area contributed by atoms with Gasteiger partial charge in [-0.05, 0) is 19.1 Å². The van der Waals surface area contributed by atoms with E-state index in [-0.39, 0.29) is 6.04 Å². The summed E-state index contributed by atoms with van der Waals surface area (Å²) in [6.45, 7) is 2.08. The molecular weight excluding hydrogens is 230 g/mol. The molecule has 0 aliphatic rings. The zero-order valence-corrected chi connectivity index (χ0v) is 9.92. The summed E-state index contributed by atoms with van der Waals surface area (Å²) in [7, 11) is 0. The first-order valence-corrected chi connectivity index (χ1v) is 5.76. The van der Waals surface area contributed by atoms with Crippen LogP contribution in [0, 0.1) is 0 Å². The lowest BCUT2D eigenvalue weighted by Gasteiger charge is -2.13. The topological polar surface area (TPSA) is 79.6 Å². The van der Waals surface area contributed by atoms with E-state index in [0.29, 0.717) is 5.65 Å². The molecule has 0 radical (unpaired) electrons. The number of hydrogen-bond donors (Lipinski definition) is 2. The minimum Gasteiger partial charge on any atom is -0.469 e. The van der Waals surface area contributed by atoms with E-state index in [1.54, 1.807) is 12.6 Å². The van der Waals surface area contributed by atoms with E-state index in [9.17, 15) is 0 Å². The van der Waals surface area contributed by atoms with Gasteiger partial charge in [0.2, 0.25) is 0 Å². The van der Waals surface area contributed by atoms with E-state index >= 15 is 0 Å². The first-order valence-electron chi connectivity index (χ1n) is 5.76. The van der Waals surface area contributed by atoms with Crippen molar-refractivity contribution >= 4 is 17.0 Å². The number of hydrogen-bond acceptors (Lipinski definition) is 5. The van der Waals surface area contributed by atoms with Crippen LogP contribution in [0.15, 0.2) is 35.5 Å². The zero-order valence-electron chi connectivity index (χ0n) is 9.92. The maximum absolute atomic E-state index is 5.32. The second-order valence-corrected chi connectivity index (χ2v) is 4.15. The third-order valence-electron chi connectivity index (χ3n) is 2.69. The number of anilines is 1. The summed E-state index contributed by atoms with van der Waals surface area (Å²) in [6, 6.07) is 4.06. The van der Waals surface area contributed by atoms with Gasteiger partial charge in [-0.3, -0.25) is 0 Å². The van der Waals surface area contributed by atoms with Crippen LogP contribution in [0.3, 0.4) is 0 Å². The molecule has 18 heavy (non-hydrogen) atoms. The first-order chi connectivity index (χ1) is 8.83. The van der Waals surface area contributed by atoms with Crippen molar-refractivity contribution in [2.45, 2.75) is 19.4 Å². The molecule has 3 aromatic heterocycles.